The standard InChI is InChI=1S/C20H18N4O3/c1-13-2-5-15(6-3-13)24-20(25)16-10-23-19(11-21-16)22-9-14-4-7-17-18(8-14)27-12-26-17/h2-8,10-11H,9,12H2,1H3,(H,22,23)(H,24,25). The molecule has 1 amide bonds. The molecule has 1 aliphatic heterocycles. The van der Waals surface area contributed by atoms with Gasteiger partial charge in [-0.05, 0) is 36.8 Å². The van der Waals surface area contributed by atoms with E-state index in [0.29, 0.717) is 12.4 Å². The summed E-state index contributed by atoms with van der Waals surface area (Å²) in [7, 11) is 0. The van der Waals surface area contributed by atoms with Crippen molar-refractivity contribution in [1.29, 1.82) is 0 Å². The van der Waals surface area contributed by atoms with Gasteiger partial charge in [-0.25, -0.2) is 9.97 Å². The number of nitrogens with one attached hydrogen (secondary N) is 2. The number of nitrogens with zero attached hydrogens (tertiary/aromatic N) is 2. The van der Waals surface area contributed by atoms with Crippen LogP contribution in [-0.2, 0) is 6.54 Å². The lowest BCUT2D eigenvalue weighted by Crippen LogP contribution is -2.14. The highest BCUT2D eigenvalue weighted by atomic mass is 16.7. The number of carbonyl (C=O) groups is 1. The fourth-order valence-corrected chi connectivity index (χ4v) is 2.61. The van der Waals surface area contributed by atoms with Gasteiger partial charge in [-0.1, -0.05) is 23.8 Å². The maximum Gasteiger partial charge on any atom is 0.275 e. The van der Waals surface area contributed by atoms with Crippen LogP contribution in [0.2, 0.25) is 0 Å². The third-order valence-corrected chi connectivity index (χ3v) is 4.10. The van der Waals surface area contributed by atoms with Gasteiger partial charge in [0.1, 0.15) is 11.5 Å². The summed E-state index contributed by atoms with van der Waals surface area (Å²) in [5.41, 5.74) is 3.13. The molecule has 7 heteroatoms. The highest BCUT2D eigenvalue weighted by Gasteiger charge is 2.13. The molecule has 2 heterocycles. The van der Waals surface area contributed by atoms with E-state index < -0.39 is 0 Å². The van der Waals surface area contributed by atoms with E-state index >= 15 is 0 Å². The molecule has 27 heavy (non-hydrogen) atoms. The van der Waals surface area contributed by atoms with Crippen LogP contribution in [0.4, 0.5) is 11.5 Å². The summed E-state index contributed by atoms with van der Waals surface area (Å²) in [6.07, 6.45) is 2.99. The molecule has 0 fully saturated rings. The molecule has 0 atom stereocenters. The van der Waals surface area contributed by atoms with Crippen LogP contribution >= 0.6 is 0 Å². The molecule has 1 aliphatic rings. The molecule has 0 aliphatic carbocycles. The molecule has 7 nitrogen and oxygen atoms in total. The first-order chi connectivity index (χ1) is 13.2. The molecule has 0 spiro atoms. The highest BCUT2D eigenvalue weighted by molar-refractivity contribution is 6.02. The molecular formula is C20H18N4O3. The van der Waals surface area contributed by atoms with Gasteiger partial charge in [0.15, 0.2) is 11.5 Å². The number of aryl methyl sites for hydroxylation is 1. The van der Waals surface area contributed by atoms with E-state index in [9.17, 15) is 4.79 Å². The van der Waals surface area contributed by atoms with Gasteiger partial charge in [0, 0.05) is 12.2 Å². The Hall–Kier alpha value is -3.61. The smallest absolute Gasteiger partial charge is 0.275 e. The zero-order chi connectivity index (χ0) is 18.6. The molecule has 2 aromatic carbocycles. The van der Waals surface area contributed by atoms with Gasteiger partial charge in [0.2, 0.25) is 6.79 Å². The summed E-state index contributed by atoms with van der Waals surface area (Å²) in [5.74, 6) is 1.78. The third kappa shape index (κ3) is 3.98. The van der Waals surface area contributed by atoms with Gasteiger partial charge >= 0.3 is 0 Å². The zero-order valence-corrected chi connectivity index (χ0v) is 14.7. The van der Waals surface area contributed by atoms with Gasteiger partial charge in [-0.3, -0.25) is 4.79 Å². The van der Waals surface area contributed by atoms with Gasteiger partial charge in [0.25, 0.3) is 5.91 Å². The van der Waals surface area contributed by atoms with Gasteiger partial charge in [0.05, 0.1) is 12.4 Å². The van der Waals surface area contributed by atoms with Gasteiger partial charge < -0.3 is 20.1 Å². The molecule has 0 unspecified atom stereocenters. The van der Waals surface area contributed by atoms with Gasteiger partial charge in [-0.15, -0.1) is 0 Å². The van der Waals surface area contributed by atoms with Crippen LogP contribution in [0.3, 0.4) is 0 Å². The topological polar surface area (TPSA) is 85.4 Å². The molecule has 0 saturated heterocycles. The molecule has 0 radical (unpaired) electrons. The van der Waals surface area contributed by atoms with Crippen LogP contribution in [-0.4, -0.2) is 22.7 Å². The molecule has 0 bridgehead atoms. The lowest BCUT2D eigenvalue weighted by Gasteiger charge is -2.08. The van der Waals surface area contributed by atoms with Crippen molar-refractivity contribution in [2.45, 2.75) is 13.5 Å². The van der Waals surface area contributed by atoms with Crippen LogP contribution in [0.1, 0.15) is 21.6 Å². The molecular weight excluding hydrogens is 344 g/mol. The SMILES string of the molecule is Cc1ccc(NC(=O)c2cnc(NCc3ccc4c(c3)OCO4)cn2)cc1. The van der Waals surface area contributed by atoms with Crippen molar-refractivity contribution in [3.63, 3.8) is 0 Å². The summed E-state index contributed by atoms with van der Waals surface area (Å²) in [5, 5.41) is 5.97. The van der Waals surface area contributed by atoms with E-state index in [4.69, 9.17) is 9.47 Å². The highest BCUT2D eigenvalue weighted by Crippen LogP contribution is 2.32. The fourth-order valence-electron chi connectivity index (χ4n) is 2.61. The number of benzene rings is 2. The number of ether oxygens (including phenoxy) is 2. The van der Waals surface area contributed by atoms with E-state index in [0.717, 1.165) is 28.3 Å². The van der Waals surface area contributed by atoms with Gasteiger partial charge in [-0.2, -0.15) is 0 Å². The molecule has 2 N–H and O–H groups in total. The van der Waals surface area contributed by atoms with E-state index in [1.165, 1.54) is 12.4 Å². The number of carbonyl (C=O) groups excluding carboxylic acids is 1. The maximum atomic E-state index is 12.2. The second kappa shape index (κ2) is 7.33. The Balaban J connectivity index is 1.35. The predicted molar refractivity (Wildman–Crippen MR) is 101 cm³/mol. The monoisotopic (exact) mass is 362 g/mol. The molecule has 4 rings (SSSR count). The Kier molecular flexibility index (Phi) is 4.57. The van der Waals surface area contributed by atoms with Crippen LogP contribution in [0, 0.1) is 6.92 Å². The Morgan fingerprint density at radius 2 is 1.85 bits per heavy atom. The largest absolute Gasteiger partial charge is 0.454 e. The molecule has 3 aromatic rings. The maximum absolute atomic E-state index is 12.2. The second-order valence-electron chi connectivity index (χ2n) is 6.15. The van der Waals surface area contributed by atoms with Crippen molar-refractivity contribution < 1.29 is 14.3 Å². The lowest BCUT2D eigenvalue weighted by molar-refractivity contribution is 0.102. The van der Waals surface area contributed by atoms with Crippen molar-refractivity contribution in [2.24, 2.45) is 0 Å². The lowest BCUT2D eigenvalue weighted by atomic mass is 10.2. The summed E-state index contributed by atoms with van der Waals surface area (Å²) >= 11 is 0. The van der Waals surface area contributed by atoms with Crippen LogP contribution < -0.4 is 20.1 Å². The van der Waals surface area contributed by atoms with Crippen molar-refractivity contribution in [1.82, 2.24) is 9.97 Å². The average molecular weight is 362 g/mol. The van der Waals surface area contributed by atoms with Crippen molar-refractivity contribution in [3.8, 4) is 11.5 Å². The van der Waals surface area contributed by atoms with Crippen molar-refractivity contribution in [2.75, 3.05) is 17.4 Å². The first-order valence-electron chi connectivity index (χ1n) is 8.50. The Labute approximate surface area is 156 Å². The predicted octanol–water partition coefficient (Wildman–Crippen LogP) is 3.38. The molecule has 1 aromatic heterocycles. The van der Waals surface area contributed by atoms with Crippen molar-refractivity contribution >= 4 is 17.4 Å². The second-order valence-corrected chi connectivity index (χ2v) is 6.15. The molecule has 136 valence electrons. The number of fused-ring (bicyclic) bond motifs is 1. The van der Waals surface area contributed by atoms with E-state index in [1.54, 1.807) is 0 Å². The Morgan fingerprint density at radius 1 is 1.04 bits per heavy atom. The molecule has 0 saturated carbocycles. The van der Waals surface area contributed by atoms with Crippen LogP contribution in [0.5, 0.6) is 11.5 Å². The van der Waals surface area contributed by atoms with Crippen molar-refractivity contribution in [3.05, 3.63) is 71.7 Å². The Bertz CT molecular complexity index is 956. The number of amides is 1. The minimum Gasteiger partial charge on any atom is -0.454 e. The number of aromatic nitrogens is 2. The number of rotatable bonds is 5. The Morgan fingerprint density at radius 3 is 2.63 bits per heavy atom. The summed E-state index contributed by atoms with van der Waals surface area (Å²) in [6, 6.07) is 13.3. The van der Waals surface area contributed by atoms with E-state index in [-0.39, 0.29) is 18.4 Å². The summed E-state index contributed by atoms with van der Waals surface area (Å²) < 4.78 is 10.7. The third-order valence-electron chi connectivity index (χ3n) is 4.10. The number of anilines is 2. The normalized spacial score (nSPS) is 11.9. The van der Waals surface area contributed by atoms with E-state index in [2.05, 4.69) is 20.6 Å². The summed E-state index contributed by atoms with van der Waals surface area (Å²) in [6.45, 7) is 2.80. The van der Waals surface area contributed by atoms with E-state index in [1.807, 2.05) is 49.4 Å². The minimum atomic E-state index is -0.298. The minimum absolute atomic E-state index is 0.254. The quantitative estimate of drug-likeness (QED) is 0.724. The van der Waals surface area contributed by atoms with Crippen LogP contribution in [0.15, 0.2) is 54.9 Å². The fraction of sp³-hybridized carbons (Fsp3) is 0.150. The number of hydrogen-bond acceptors (Lipinski definition) is 6. The average Bonchev–Trinajstić information content (AvgIpc) is 3.16. The first kappa shape index (κ1) is 16.8. The summed E-state index contributed by atoms with van der Waals surface area (Å²) in [4.78, 5) is 20.7. The first-order valence-corrected chi connectivity index (χ1v) is 8.50. The zero-order valence-electron chi connectivity index (χ0n) is 14.7. The van der Waals surface area contributed by atoms with Crippen LogP contribution in [0.25, 0.3) is 0 Å². The number of hydrogen-bond donors (Lipinski definition) is 2.